The summed E-state index contributed by atoms with van der Waals surface area (Å²) >= 11 is 7.73. The zero-order chi connectivity index (χ0) is 18.7. The first-order valence-corrected chi connectivity index (χ1v) is 9.67. The number of halogens is 1. The van der Waals surface area contributed by atoms with Crippen molar-refractivity contribution in [1.82, 2.24) is 20.1 Å². The van der Waals surface area contributed by atoms with Crippen LogP contribution >= 0.6 is 22.9 Å². The van der Waals surface area contributed by atoms with Gasteiger partial charge < -0.3 is 5.32 Å². The van der Waals surface area contributed by atoms with Gasteiger partial charge in [-0.1, -0.05) is 41.4 Å². The van der Waals surface area contributed by atoms with E-state index < -0.39 is 0 Å². The largest absolute Gasteiger partial charge is 0.354 e. The molecule has 0 spiro atoms. The number of nitrogens with zero attached hydrogens (tertiary/aromatic N) is 3. The highest BCUT2D eigenvalue weighted by Crippen LogP contribution is 2.24. The van der Waals surface area contributed by atoms with Crippen LogP contribution in [0.25, 0.3) is 10.6 Å². The number of nitrogens with one attached hydrogen (secondary N) is 1. The van der Waals surface area contributed by atoms with E-state index in [1.807, 2.05) is 19.2 Å². The zero-order valence-electron chi connectivity index (χ0n) is 15.0. The molecule has 2 aromatic heterocycles. The molecule has 0 saturated carbocycles. The van der Waals surface area contributed by atoms with E-state index in [1.54, 1.807) is 16.0 Å². The maximum atomic E-state index is 12.1. The molecule has 26 heavy (non-hydrogen) atoms. The number of rotatable bonds is 6. The molecule has 2 heterocycles. The van der Waals surface area contributed by atoms with E-state index in [0.717, 1.165) is 27.7 Å². The topological polar surface area (TPSA) is 59.8 Å². The Morgan fingerprint density at radius 1 is 1.23 bits per heavy atom. The summed E-state index contributed by atoms with van der Waals surface area (Å²) < 4.78 is 1.63. The van der Waals surface area contributed by atoms with Crippen molar-refractivity contribution in [2.45, 2.75) is 33.7 Å². The summed E-state index contributed by atoms with van der Waals surface area (Å²) in [5.74, 6) is -0.0822. The normalized spacial score (nSPS) is 10.9. The molecular weight excluding hydrogens is 368 g/mol. The average molecular weight is 389 g/mol. The van der Waals surface area contributed by atoms with E-state index in [0.29, 0.717) is 18.0 Å². The monoisotopic (exact) mass is 388 g/mol. The van der Waals surface area contributed by atoms with Crippen molar-refractivity contribution in [1.29, 1.82) is 0 Å². The minimum Gasteiger partial charge on any atom is -0.354 e. The van der Waals surface area contributed by atoms with E-state index in [1.165, 1.54) is 5.56 Å². The van der Waals surface area contributed by atoms with E-state index in [9.17, 15) is 4.79 Å². The first-order chi connectivity index (χ1) is 12.4. The fraction of sp³-hybridized carbons (Fsp3) is 0.316. The van der Waals surface area contributed by atoms with E-state index in [4.69, 9.17) is 11.6 Å². The summed E-state index contributed by atoms with van der Waals surface area (Å²) in [6, 6.07) is 8.34. The number of amides is 1. The molecule has 0 aliphatic heterocycles. The van der Waals surface area contributed by atoms with Crippen LogP contribution in [-0.4, -0.2) is 27.2 Å². The molecule has 0 atom stereocenters. The lowest BCUT2D eigenvalue weighted by Gasteiger charge is -2.06. The Labute approximate surface area is 162 Å². The number of carbonyl (C=O) groups excluding carboxylic acids is 1. The lowest BCUT2D eigenvalue weighted by atomic mass is 10.2. The molecule has 1 aromatic carbocycles. The number of hydrogen-bond acceptors (Lipinski definition) is 4. The van der Waals surface area contributed by atoms with Crippen molar-refractivity contribution in [3.05, 3.63) is 57.3 Å². The highest BCUT2D eigenvalue weighted by molar-refractivity contribution is 7.13. The maximum Gasteiger partial charge on any atom is 0.241 e. The second-order valence-electron chi connectivity index (χ2n) is 6.25. The third-order valence-corrected chi connectivity index (χ3v) is 5.63. The minimum atomic E-state index is -0.0822. The Morgan fingerprint density at radius 3 is 2.62 bits per heavy atom. The van der Waals surface area contributed by atoms with Gasteiger partial charge in [0, 0.05) is 23.9 Å². The Morgan fingerprint density at radius 2 is 1.96 bits per heavy atom. The number of aromatic nitrogens is 3. The van der Waals surface area contributed by atoms with Gasteiger partial charge in [-0.05, 0) is 20.8 Å². The van der Waals surface area contributed by atoms with Crippen molar-refractivity contribution >= 4 is 28.8 Å². The van der Waals surface area contributed by atoms with Crippen molar-refractivity contribution in [2.24, 2.45) is 0 Å². The van der Waals surface area contributed by atoms with Crippen molar-refractivity contribution < 1.29 is 4.79 Å². The molecule has 0 aliphatic rings. The van der Waals surface area contributed by atoms with Crippen LogP contribution in [0.1, 0.15) is 22.6 Å². The molecule has 0 aliphatic carbocycles. The average Bonchev–Trinajstić information content (AvgIpc) is 3.17. The zero-order valence-corrected chi connectivity index (χ0v) is 16.6. The van der Waals surface area contributed by atoms with Crippen molar-refractivity contribution in [2.75, 3.05) is 6.54 Å². The van der Waals surface area contributed by atoms with Crippen LogP contribution in [0.4, 0.5) is 0 Å². The van der Waals surface area contributed by atoms with E-state index >= 15 is 0 Å². The molecular formula is C19H21ClN4OS. The molecule has 0 unspecified atom stereocenters. The number of carbonyl (C=O) groups is 1. The summed E-state index contributed by atoms with van der Waals surface area (Å²) in [6.45, 7) is 6.48. The predicted octanol–water partition coefficient (Wildman–Crippen LogP) is 3.94. The SMILES string of the molecule is Cc1ccc(-c2nc(CCNC(=O)Cn3nc(C)c(Cl)c3C)cs2)cc1. The second-order valence-corrected chi connectivity index (χ2v) is 7.49. The standard InChI is InChI=1S/C19H21ClN4OS/c1-12-4-6-15(7-5-12)19-22-16(11-26-19)8-9-21-17(25)10-24-14(3)18(20)13(2)23-24/h4-7,11H,8-10H2,1-3H3,(H,21,25). The van der Waals surface area contributed by atoms with Gasteiger partial charge in [-0.2, -0.15) is 5.10 Å². The van der Waals surface area contributed by atoms with Crippen molar-refractivity contribution in [3.8, 4) is 10.6 Å². The molecule has 136 valence electrons. The van der Waals surface area contributed by atoms with E-state index in [-0.39, 0.29) is 12.5 Å². The lowest BCUT2D eigenvalue weighted by Crippen LogP contribution is -2.30. The van der Waals surface area contributed by atoms with Gasteiger partial charge in [0.05, 0.1) is 22.1 Å². The highest BCUT2D eigenvalue weighted by Gasteiger charge is 2.12. The molecule has 0 fully saturated rings. The summed E-state index contributed by atoms with van der Waals surface area (Å²) in [6.07, 6.45) is 0.700. The Kier molecular flexibility index (Phi) is 5.74. The van der Waals surface area contributed by atoms with Crippen molar-refractivity contribution in [3.63, 3.8) is 0 Å². The molecule has 1 N–H and O–H groups in total. The molecule has 0 radical (unpaired) electrons. The van der Waals surface area contributed by atoms with Gasteiger partial charge in [0.25, 0.3) is 0 Å². The van der Waals surface area contributed by atoms with E-state index in [2.05, 4.69) is 46.6 Å². The molecule has 7 heteroatoms. The third kappa shape index (κ3) is 4.31. The quantitative estimate of drug-likeness (QED) is 0.695. The lowest BCUT2D eigenvalue weighted by molar-refractivity contribution is -0.121. The summed E-state index contributed by atoms with van der Waals surface area (Å²) in [7, 11) is 0. The molecule has 3 rings (SSSR count). The summed E-state index contributed by atoms with van der Waals surface area (Å²) in [5, 5.41) is 10.8. The van der Waals surface area contributed by atoms with Gasteiger partial charge >= 0.3 is 0 Å². The van der Waals surface area contributed by atoms with Crippen LogP contribution in [0.2, 0.25) is 5.02 Å². The number of aryl methyl sites for hydroxylation is 2. The van der Waals surface area contributed by atoms with Crippen LogP contribution in [0.3, 0.4) is 0 Å². The number of thiazole rings is 1. The molecule has 5 nitrogen and oxygen atoms in total. The van der Waals surface area contributed by atoms with Crippen LogP contribution < -0.4 is 5.32 Å². The Bertz CT molecular complexity index is 914. The minimum absolute atomic E-state index is 0.0822. The fourth-order valence-corrected chi connectivity index (χ4v) is 3.60. The van der Waals surface area contributed by atoms with Gasteiger partial charge in [0.1, 0.15) is 11.6 Å². The van der Waals surface area contributed by atoms with Gasteiger partial charge in [-0.3, -0.25) is 9.48 Å². The Hall–Kier alpha value is -2.18. The first kappa shape index (κ1) is 18.6. The molecule has 1 amide bonds. The van der Waals surface area contributed by atoms with Crippen LogP contribution in [0.15, 0.2) is 29.6 Å². The molecule has 3 aromatic rings. The van der Waals surface area contributed by atoms with Crippen LogP contribution in [0, 0.1) is 20.8 Å². The van der Waals surface area contributed by atoms with Gasteiger partial charge in [0.2, 0.25) is 5.91 Å². The van der Waals surface area contributed by atoms with Gasteiger partial charge in [0.15, 0.2) is 0 Å². The van der Waals surface area contributed by atoms with Crippen LogP contribution in [-0.2, 0) is 17.8 Å². The fourth-order valence-electron chi connectivity index (χ4n) is 2.60. The number of hydrogen-bond donors (Lipinski definition) is 1. The van der Waals surface area contributed by atoms with Crippen LogP contribution in [0.5, 0.6) is 0 Å². The second kappa shape index (κ2) is 8.01. The molecule has 0 bridgehead atoms. The summed E-state index contributed by atoms with van der Waals surface area (Å²) in [5.41, 5.74) is 4.89. The summed E-state index contributed by atoms with van der Waals surface area (Å²) in [4.78, 5) is 16.8. The molecule has 0 saturated heterocycles. The first-order valence-electron chi connectivity index (χ1n) is 8.41. The predicted molar refractivity (Wildman–Crippen MR) is 106 cm³/mol. The Balaban J connectivity index is 1.51. The van der Waals surface area contributed by atoms with Gasteiger partial charge in [-0.25, -0.2) is 4.98 Å². The maximum absolute atomic E-state index is 12.1. The smallest absolute Gasteiger partial charge is 0.241 e. The number of benzene rings is 1. The third-order valence-electron chi connectivity index (χ3n) is 4.14. The highest BCUT2D eigenvalue weighted by atomic mass is 35.5. The van der Waals surface area contributed by atoms with Gasteiger partial charge in [-0.15, -0.1) is 11.3 Å².